The molecule has 1 heterocycles. The molecule has 1 amide bonds. The number of carbonyl (C=O) groups excluding carboxylic acids is 1. The van der Waals surface area contributed by atoms with Crippen LogP contribution in [0, 0.1) is 0 Å². The number of amides is 1. The van der Waals surface area contributed by atoms with Crippen molar-refractivity contribution in [3.8, 4) is 11.5 Å². The largest absolute Gasteiger partial charge is 0.486 e. The number of hydrogen-bond acceptors (Lipinski definition) is 5. The summed E-state index contributed by atoms with van der Waals surface area (Å²) in [6, 6.07) is 13.2. The zero-order valence-electron chi connectivity index (χ0n) is 13.1. The van der Waals surface area contributed by atoms with E-state index >= 15 is 0 Å². The Morgan fingerprint density at radius 2 is 1.79 bits per heavy atom. The van der Waals surface area contributed by atoms with Crippen LogP contribution < -0.4 is 14.8 Å². The van der Waals surface area contributed by atoms with Gasteiger partial charge in [0, 0.05) is 11.8 Å². The molecule has 0 fully saturated rings. The highest BCUT2D eigenvalue weighted by Crippen LogP contribution is 2.30. The monoisotopic (exact) mass is 347 g/mol. The molecule has 1 aliphatic heterocycles. The second-order valence-electron chi connectivity index (χ2n) is 5.50. The standard InChI is InChI=1S/C17H17NO5S/c1-24(20,21)14-8-6-12(7-9-14)17(19)18-10-13-11-22-15-4-2-3-5-16(15)23-13/h2-9,13H,10-11H2,1H3,(H,18,19). The van der Waals surface area contributed by atoms with E-state index in [0.717, 1.165) is 6.26 Å². The third-order valence-corrected chi connectivity index (χ3v) is 4.73. The van der Waals surface area contributed by atoms with Crippen LogP contribution in [0.15, 0.2) is 53.4 Å². The van der Waals surface area contributed by atoms with Gasteiger partial charge in [-0.25, -0.2) is 8.42 Å². The van der Waals surface area contributed by atoms with Gasteiger partial charge in [0.1, 0.15) is 12.7 Å². The first-order valence-corrected chi connectivity index (χ1v) is 9.29. The van der Waals surface area contributed by atoms with Crippen LogP contribution >= 0.6 is 0 Å². The lowest BCUT2D eigenvalue weighted by Crippen LogP contribution is -2.40. The Morgan fingerprint density at radius 1 is 1.12 bits per heavy atom. The van der Waals surface area contributed by atoms with Gasteiger partial charge in [-0.2, -0.15) is 0 Å². The molecular weight excluding hydrogens is 330 g/mol. The average molecular weight is 347 g/mol. The highest BCUT2D eigenvalue weighted by molar-refractivity contribution is 7.90. The number of hydrogen-bond donors (Lipinski definition) is 1. The van der Waals surface area contributed by atoms with Crippen molar-refractivity contribution in [2.75, 3.05) is 19.4 Å². The molecule has 2 aromatic carbocycles. The van der Waals surface area contributed by atoms with E-state index in [1.54, 1.807) is 0 Å². The average Bonchev–Trinajstić information content (AvgIpc) is 2.59. The van der Waals surface area contributed by atoms with E-state index in [-0.39, 0.29) is 16.9 Å². The Balaban J connectivity index is 1.58. The fraction of sp³-hybridized carbons (Fsp3) is 0.235. The first kappa shape index (κ1) is 16.3. The fourth-order valence-corrected chi connectivity index (χ4v) is 2.96. The minimum atomic E-state index is -3.27. The maximum atomic E-state index is 12.1. The summed E-state index contributed by atoms with van der Waals surface area (Å²) in [6.45, 7) is 0.644. The molecule has 0 saturated carbocycles. The molecule has 0 bridgehead atoms. The Labute approximate surface area is 140 Å². The molecule has 2 aromatic rings. The number of rotatable bonds is 4. The predicted octanol–water partition coefficient (Wildman–Crippen LogP) is 1.66. The number of sulfone groups is 1. The summed E-state index contributed by atoms with van der Waals surface area (Å²) in [5.74, 6) is 1.05. The molecule has 1 unspecified atom stereocenters. The molecule has 1 aliphatic rings. The summed E-state index contributed by atoms with van der Waals surface area (Å²) in [5.41, 5.74) is 0.388. The Morgan fingerprint density at radius 3 is 2.46 bits per heavy atom. The SMILES string of the molecule is CS(=O)(=O)c1ccc(C(=O)NCC2COc3ccccc3O2)cc1. The molecule has 0 spiro atoms. The van der Waals surface area contributed by atoms with Gasteiger partial charge >= 0.3 is 0 Å². The van der Waals surface area contributed by atoms with Gasteiger partial charge in [-0.1, -0.05) is 12.1 Å². The number of para-hydroxylation sites is 2. The van der Waals surface area contributed by atoms with Crippen LogP contribution in [0.5, 0.6) is 11.5 Å². The van der Waals surface area contributed by atoms with Crippen LogP contribution in [-0.2, 0) is 9.84 Å². The molecule has 3 rings (SSSR count). The van der Waals surface area contributed by atoms with Crippen molar-refractivity contribution in [3.63, 3.8) is 0 Å². The Kier molecular flexibility index (Phi) is 4.44. The van der Waals surface area contributed by atoms with Gasteiger partial charge in [0.15, 0.2) is 21.3 Å². The van der Waals surface area contributed by atoms with Crippen LogP contribution in [0.4, 0.5) is 0 Å². The van der Waals surface area contributed by atoms with Crippen LogP contribution in [0.2, 0.25) is 0 Å². The molecule has 0 aromatic heterocycles. The quantitative estimate of drug-likeness (QED) is 0.910. The lowest BCUT2D eigenvalue weighted by Gasteiger charge is -2.26. The number of nitrogens with one attached hydrogen (secondary N) is 1. The predicted molar refractivity (Wildman–Crippen MR) is 88.2 cm³/mol. The summed E-state index contributed by atoms with van der Waals surface area (Å²) < 4.78 is 34.2. The van der Waals surface area contributed by atoms with E-state index < -0.39 is 9.84 Å². The number of carbonyl (C=O) groups is 1. The van der Waals surface area contributed by atoms with Gasteiger partial charge < -0.3 is 14.8 Å². The topological polar surface area (TPSA) is 81.7 Å². The van der Waals surface area contributed by atoms with Gasteiger partial charge in [0.25, 0.3) is 5.91 Å². The second-order valence-corrected chi connectivity index (χ2v) is 7.52. The van der Waals surface area contributed by atoms with E-state index in [1.165, 1.54) is 24.3 Å². The van der Waals surface area contributed by atoms with Crippen molar-refractivity contribution in [2.45, 2.75) is 11.0 Å². The first-order chi connectivity index (χ1) is 11.4. The van der Waals surface area contributed by atoms with E-state index in [1.807, 2.05) is 24.3 Å². The summed E-state index contributed by atoms with van der Waals surface area (Å²) in [7, 11) is -3.27. The maximum Gasteiger partial charge on any atom is 0.251 e. The smallest absolute Gasteiger partial charge is 0.251 e. The van der Waals surface area contributed by atoms with Gasteiger partial charge in [-0.15, -0.1) is 0 Å². The molecule has 24 heavy (non-hydrogen) atoms. The third kappa shape index (κ3) is 3.68. The van der Waals surface area contributed by atoms with Crippen LogP contribution in [0.25, 0.3) is 0 Å². The van der Waals surface area contributed by atoms with Crippen LogP contribution in [0.3, 0.4) is 0 Å². The summed E-state index contributed by atoms with van der Waals surface area (Å²) in [4.78, 5) is 12.3. The zero-order valence-corrected chi connectivity index (χ0v) is 13.9. The molecule has 126 valence electrons. The van der Waals surface area contributed by atoms with E-state index in [4.69, 9.17) is 9.47 Å². The number of ether oxygens (including phenoxy) is 2. The first-order valence-electron chi connectivity index (χ1n) is 7.40. The van der Waals surface area contributed by atoms with Crippen molar-refractivity contribution in [2.24, 2.45) is 0 Å². The van der Waals surface area contributed by atoms with E-state index in [2.05, 4.69) is 5.32 Å². The summed E-state index contributed by atoms with van der Waals surface area (Å²) >= 11 is 0. The van der Waals surface area contributed by atoms with Crippen LogP contribution in [0.1, 0.15) is 10.4 Å². The molecule has 1 N–H and O–H groups in total. The minimum absolute atomic E-state index is 0.180. The van der Waals surface area contributed by atoms with Gasteiger partial charge in [-0.3, -0.25) is 4.79 Å². The molecule has 0 aliphatic carbocycles. The summed E-state index contributed by atoms with van der Waals surface area (Å²) in [5, 5.41) is 2.76. The van der Waals surface area contributed by atoms with Crippen LogP contribution in [-0.4, -0.2) is 39.8 Å². The van der Waals surface area contributed by atoms with E-state index in [0.29, 0.717) is 30.2 Å². The maximum absolute atomic E-state index is 12.1. The molecule has 0 radical (unpaired) electrons. The number of benzene rings is 2. The van der Waals surface area contributed by atoms with Crippen molar-refractivity contribution >= 4 is 15.7 Å². The van der Waals surface area contributed by atoms with Crippen molar-refractivity contribution in [1.82, 2.24) is 5.32 Å². The molecule has 6 nitrogen and oxygen atoms in total. The van der Waals surface area contributed by atoms with Crippen molar-refractivity contribution < 1.29 is 22.7 Å². The second kappa shape index (κ2) is 6.52. The van der Waals surface area contributed by atoms with Crippen molar-refractivity contribution in [3.05, 3.63) is 54.1 Å². The normalized spacial score (nSPS) is 16.5. The Hall–Kier alpha value is -2.54. The minimum Gasteiger partial charge on any atom is -0.486 e. The lowest BCUT2D eigenvalue weighted by molar-refractivity contribution is 0.0789. The molecular formula is C17H17NO5S. The molecule has 1 atom stereocenters. The zero-order chi connectivity index (χ0) is 17.2. The number of fused-ring (bicyclic) bond motifs is 1. The highest BCUT2D eigenvalue weighted by atomic mass is 32.2. The van der Waals surface area contributed by atoms with Gasteiger partial charge in [-0.05, 0) is 36.4 Å². The fourth-order valence-electron chi connectivity index (χ4n) is 2.33. The highest BCUT2D eigenvalue weighted by Gasteiger charge is 2.21. The van der Waals surface area contributed by atoms with E-state index in [9.17, 15) is 13.2 Å². The van der Waals surface area contributed by atoms with Crippen molar-refractivity contribution in [1.29, 1.82) is 0 Å². The Bertz CT molecular complexity index is 846. The molecule has 0 saturated heterocycles. The van der Waals surface area contributed by atoms with Gasteiger partial charge in [0.05, 0.1) is 11.4 Å². The summed E-state index contributed by atoms with van der Waals surface area (Å²) in [6.07, 6.45) is 0.847. The van der Waals surface area contributed by atoms with Gasteiger partial charge in [0.2, 0.25) is 0 Å². The molecule has 7 heteroatoms. The third-order valence-electron chi connectivity index (χ3n) is 3.60. The lowest BCUT2D eigenvalue weighted by atomic mass is 10.2.